The quantitative estimate of drug-likeness (QED) is 0.499. The van der Waals surface area contributed by atoms with Crippen LogP contribution in [0.5, 0.6) is 11.5 Å². The molecule has 2 aromatic carbocycles. The van der Waals surface area contributed by atoms with E-state index >= 15 is 0 Å². The Morgan fingerprint density at radius 1 is 1.12 bits per heavy atom. The third-order valence-electron chi connectivity index (χ3n) is 5.44. The van der Waals surface area contributed by atoms with Gasteiger partial charge < -0.3 is 23.9 Å². The van der Waals surface area contributed by atoms with Crippen LogP contribution in [0.1, 0.15) is 35.5 Å². The summed E-state index contributed by atoms with van der Waals surface area (Å²) in [5, 5.41) is 11.9. The minimum atomic E-state index is -0.799. The molecule has 2 heterocycles. The topological polar surface area (TPSA) is 89.2 Å². The summed E-state index contributed by atoms with van der Waals surface area (Å²) < 4.78 is 16.4. The van der Waals surface area contributed by atoms with Crippen molar-refractivity contribution in [2.75, 3.05) is 20.8 Å². The Hall–Kier alpha value is -3.45. The maximum Gasteiger partial charge on any atom is 0.290 e. The molecule has 32 heavy (non-hydrogen) atoms. The van der Waals surface area contributed by atoms with Crippen LogP contribution in [0.25, 0.3) is 11.0 Å². The number of hydrogen-bond donors (Lipinski definition) is 1. The van der Waals surface area contributed by atoms with Gasteiger partial charge in [0.05, 0.1) is 25.8 Å². The molecule has 1 aliphatic heterocycles. The van der Waals surface area contributed by atoms with Crippen molar-refractivity contribution < 1.29 is 28.6 Å². The molecule has 166 valence electrons. The number of rotatable bonds is 7. The number of halogens is 1. The van der Waals surface area contributed by atoms with E-state index in [1.54, 1.807) is 42.5 Å². The average Bonchev–Trinajstić information content (AvgIpc) is 3.32. The van der Waals surface area contributed by atoms with Crippen LogP contribution >= 0.6 is 11.6 Å². The maximum absolute atomic E-state index is 13.5. The Kier molecular flexibility index (Phi) is 5.84. The second-order valence-electron chi connectivity index (χ2n) is 7.40. The highest BCUT2D eigenvalue weighted by Crippen LogP contribution is 2.42. The van der Waals surface area contributed by atoms with Gasteiger partial charge in [-0.2, -0.15) is 0 Å². The van der Waals surface area contributed by atoms with E-state index in [-0.39, 0.29) is 11.3 Å². The highest BCUT2D eigenvalue weighted by molar-refractivity contribution is 6.31. The molecule has 8 heteroatoms. The molecule has 0 aliphatic carbocycles. The summed E-state index contributed by atoms with van der Waals surface area (Å²) in [6, 6.07) is 10.9. The predicted octanol–water partition coefficient (Wildman–Crippen LogP) is 5.09. The number of carbonyl (C=O) groups excluding carboxylic acids is 2. The SMILES string of the molecule is CCCN1C(=O)C(O)=C(C(=O)c2cc3cc(Cl)ccc3o2)C1c1ccc(OC)c(OC)c1. The van der Waals surface area contributed by atoms with Gasteiger partial charge in [-0.3, -0.25) is 9.59 Å². The summed E-state index contributed by atoms with van der Waals surface area (Å²) in [7, 11) is 3.03. The van der Waals surface area contributed by atoms with Crippen molar-refractivity contribution in [2.24, 2.45) is 0 Å². The molecule has 0 saturated heterocycles. The summed E-state index contributed by atoms with van der Waals surface area (Å²) in [4.78, 5) is 27.8. The predicted molar refractivity (Wildman–Crippen MR) is 120 cm³/mol. The van der Waals surface area contributed by atoms with Crippen LogP contribution in [-0.2, 0) is 4.79 Å². The molecule has 1 unspecified atom stereocenters. The first-order chi connectivity index (χ1) is 15.4. The zero-order valence-corrected chi connectivity index (χ0v) is 18.6. The number of ether oxygens (including phenoxy) is 2. The molecule has 1 aliphatic rings. The summed E-state index contributed by atoms with van der Waals surface area (Å²) in [6.45, 7) is 2.27. The van der Waals surface area contributed by atoms with Crippen molar-refractivity contribution in [3.63, 3.8) is 0 Å². The largest absolute Gasteiger partial charge is 0.503 e. The van der Waals surface area contributed by atoms with Gasteiger partial charge in [0.25, 0.3) is 5.91 Å². The first-order valence-electron chi connectivity index (χ1n) is 10.1. The molecule has 3 aromatic rings. The number of nitrogens with zero attached hydrogens (tertiary/aromatic N) is 1. The van der Waals surface area contributed by atoms with Crippen molar-refractivity contribution in [1.29, 1.82) is 0 Å². The molecule has 0 saturated carbocycles. The molecule has 0 bridgehead atoms. The first kappa shape index (κ1) is 21.8. The van der Waals surface area contributed by atoms with Gasteiger partial charge in [0, 0.05) is 17.0 Å². The van der Waals surface area contributed by atoms with Crippen LogP contribution < -0.4 is 9.47 Å². The fraction of sp³-hybridized carbons (Fsp3) is 0.250. The Bertz CT molecular complexity index is 1240. The van der Waals surface area contributed by atoms with Crippen LogP contribution in [0.4, 0.5) is 0 Å². The Morgan fingerprint density at radius 3 is 2.56 bits per heavy atom. The van der Waals surface area contributed by atoms with Crippen LogP contribution in [0, 0.1) is 0 Å². The molecule has 4 rings (SSSR count). The summed E-state index contributed by atoms with van der Waals surface area (Å²) >= 11 is 6.04. The van der Waals surface area contributed by atoms with Gasteiger partial charge in [0.2, 0.25) is 5.78 Å². The number of carbonyl (C=O) groups is 2. The minimum Gasteiger partial charge on any atom is -0.503 e. The molecule has 1 atom stereocenters. The number of aliphatic hydroxyl groups is 1. The van der Waals surface area contributed by atoms with Crippen molar-refractivity contribution in [1.82, 2.24) is 4.90 Å². The van der Waals surface area contributed by atoms with Gasteiger partial charge in [-0.15, -0.1) is 0 Å². The lowest BCUT2D eigenvalue weighted by Gasteiger charge is -2.26. The second-order valence-corrected chi connectivity index (χ2v) is 7.84. The number of ketones is 1. The Balaban J connectivity index is 1.83. The molecule has 1 amide bonds. The van der Waals surface area contributed by atoms with Gasteiger partial charge in [-0.1, -0.05) is 24.6 Å². The van der Waals surface area contributed by atoms with Crippen LogP contribution in [0.15, 0.2) is 58.2 Å². The molecule has 7 nitrogen and oxygen atoms in total. The van der Waals surface area contributed by atoms with Crippen LogP contribution in [-0.4, -0.2) is 42.5 Å². The van der Waals surface area contributed by atoms with Crippen LogP contribution in [0.3, 0.4) is 0 Å². The first-order valence-corrected chi connectivity index (χ1v) is 10.5. The van der Waals surface area contributed by atoms with E-state index in [0.29, 0.717) is 46.0 Å². The molecular weight excluding hydrogens is 434 g/mol. The average molecular weight is 456 g/mol. The Morgan fingerprint density at radius 2 is 1.88 bits per heavy atom. The number of Topliss-reactive ketones (excluding diaryl/α,β-unsaturated/α-hetero) is 1. The second kappa shape index (κ2) is 8.59. The zero-order chi connectivity index (χ0) is 23.0. The van der Waals surface area contributed by atoms with E-state index in [2.05, 4.69) is 0 Å². The summed E-state index contributed by atoms with van der Waals surface area (Å²) in [5.41, 5.74) is 1.05. The molecule has 0 radical (unpaired) electrons. The van der Waals surface area contributed by atoms with Crippen molar-refractivity contribution >= 4 is 34.3 Å². The van der Waals surface area contributed by atoms with E-state index in [1.165, 1.54) is 19.1 Å². The number of methoxy groups -OCH3 is 2. The number of amides is 1. The smallest absolute Gasteiger partial charge is 0.290 e. The van der Waals surface area contributed by atoms with Gasteiger partial charge in [0.15, 0.2) is 23.0 Å². The minimum absolute atomic E-state index is 0.0143. The number of fused-ring (bicyclic) bond motifs is 1. The monoisotopic (exact) mass is 455 g/mol. The van der Waals surface area contributed by atoms with E-state index in [4.69, 9.17) is 25.5 Å². The lowest BCUT2D eigenvalue weighted by atomic mass is 9.94. The molecule has 1 N–H and O–H groups in total. The standard InChI is InChI=1S/C24H22ClNO6/c1-4-9-26-21(13-5-7-17(30-2)18(11-13)31-3)20(23(28)24(26)29)22(27)19-12-14-10-15(25)6-8-16(14)32-19/h5-8,10-12,21,28H,4,9H2,1-3H3. The van der Waals surface area contributed by atoms with Crippen molar-refractivity contribution in [3.8, 4) is 11.5 Å². The van der Waals surface area contributed by atoms with E-state index in [1.807, 2.05) is 6.92 Å². The van der Waals surface area contributed by atoms with Crippen LogP contribution in [0.2, 0.25) is 5.02 Å². The molecule has 0 spiro atoms. The summed E-state index contributed by atoms with van der Waals surface area (Å²) in [6.07, 6.45) is 0.646. The van der Waals surface area contributed by atoms with E-state index in [0.717, 1.165) is 0 Å². The van der Waals surface area contributed by atoms with E-state index in [9.17, 15) is 14.7 Å². The highest BCUT2D eigenvalue weighted by Gasteiger charge is 2.44. The van der Waals surface area contributed by atoms with Crippen molar-refractivity contribution in [3.05, 3.63) is 70.1 Å². The maximum atomic E-state index is 13.5. The number of aliphatic hydroxyl groups excluding tert-OH is 1. The number of benzene rings is 2. The lowest BCUT2D eigenvalue weighted by Crippen LogP contribution is -2.31. The van der Waals surface area contributed by atoms with Gasteiger partial charge in [-0.25, -0.2) is 0 Å². The summed E-state index contributed by atoms with van der Waals surface area (Å²) in [5.74, 6) is -0.777. The number of furan rings is 1. The normalized spacial score (nSPS) is 16.2. The van der Waals surface area contributed by atoms with Crippen molar-refractivity contribution in [2.45, 2.75) is 19.4 Å². The van der Waals surface area contributed by atoms with Gasteiger partial charge in [0.1, 0.15) is 5.58 Å². The fourth-order valence-corrected chi connectivity index (χ4v) is 4.17. The zero-order valence-electron chi connectivity index (χ0n) is 17.8. The molecule has 0 fully saturated rings. The third kappa shape index (κ3) is 3.58. The fourth-order valence-electron chi connectivity index (χ4n) is 3.99. The highest BCUT2D eigenvalue weighted by atomic mass is 35.5. The molecule has 1 aromatic heterocycles. The van der Waals surface area contributed by atoms with E-state index < -0.39 is 23.5 Å². The third-order valence-corrected chi connectivity index (χ3v) is 5.67. The Labute approximate surface area is 189 Å². The lowest BCUT2D eigenvalue weighted by molar-refractivity contribution is -0.129. The number of hydrogen-bond acceptors (Lipinski definition) is 6. The molecular formula is C24H22ClNO6. The van der Waals surface area contributed by atoms with Gasteiger partial charge in [-0.05, 0) is 48.4 Å². The van der Waals surface area contributed by atoms with Gasteiger partial charge >= 0.3 is 0 Å².